The number of rotatable bonds is 5. The Balaban J connectivity index is 2.13. The smallest absolute Gasteiger partial charge is 0.295 e. The number of aromatic nitrogens is 2. The molecule has 29 heavy (non-hydrogen) atoms. The predicted molar refractivity (Wildman–Crippen MR) is 114 cm³/mol. The minimum Gasteiger partial charge on any atom is -0.324 e. The Hall–Kier alpha value is -3.19. The van der Waals surface area contributed by atoms with Gasteiger partial charge in [-0.15, -0.1) is 0 Å². The zero-order valence-electron chi connectivity index (χ0n) is 16.3. The van der Waals surface area contributed by atoms with Crippen molar-refractivity contribution in [3.8, 4) is 0 Å². The second kappa shape index (κ2) is 8.45. The first-order valence-electron chi connectivity index (χ1n) is 9.15. The number of hydrogen-bond donors (Lipinski definition) is 1. The Morgan fingerprint density at radius 1 is 1.17 bits per heavy atom. The average Bonchev–Trinajstić information content (AvgIpc) is 2.71. The van der Waals surface area contributed by atoms with Crippen molar-refractivity contribution in [1.82, 2.24) is 9.55 Å². The van der Waals surface area contributed by atoms with Gasteiger partial charge in [-0.25, -0.2) is 4.98 Å². The van der Waals surface area contributed by atoms with Crippen molar-refractivity contribution in [3.63, 3.8) is 0 Å². The highest BCUT2D eigenvalue weighted by molar-refractivity contribution is 6.30. The summed E-state index contributed by atoms with van der Waals surface area (Å²) < 4.78 is 1.41. The first-order valence-corrected chi connectivity index (χ1v) is 9.53. The molecule has 1 unspecified atom stereocenters. The summed E-state index contributed by atoms with van der Waals surface area (Å²) in [6, 6.07) is 13.0. The van der Waals surface area contributed by atoms with Crippen LogP contribution in [0.15, 0.2) is 53.3 Å². The van der Waals surface area contributed by atoms with Gasteiger partial charge in [-0.2, -0.15) is 0 Å². The van der Waals surface area contributed by atoms with Gasteiger partial charge in [0.15, 0.2) is 0 Å². The fourth-order valence-corrected chi connectivity index (χ4v) is 3.19. The summed E-state index contributed by atoms with van der Waals surface area (Å²) in [5.74, 6) is -0.686. The Morgan fingerprint density at radius 3 is 2.45 bits per heavy atom. The normalized spacial score (nSPS) is 11.9. The molecule has 3 rings (SSSR count). The van der Waals surface area contributed by atoms with Gasteiger partial charge in [0.1, 0.15) is 6.04 Å². The monoisotopic (exact) mass is 412 g/mol. The maximum atomic E-state index is 13.2. The summed E-state index contributed by atoms with van der Waals surface area (Å²) in [7, 11) is 1.49. The van der Waals surface area contributed by atoms with Crippen LogP contribution in [0.2, 0.25) is 5.02 Å². The summed E-state index contributed by atoms with van der Waals surface area (Å²) in [4.78, 5) is 43.6. The third-order valence-corrected chi connectivity index (χ3v) is 4.93. The van der Waals surface area contributed by atoms with Crippen LogP contribution < -0.4 is 15.8 Å². The highest BCUT2D eigenvalue weighted by atomic mass is 35.5. The number of hydrogen-bond acceptors (Lipinski definition) is 4. The van der Waals surface area contributed by atoms with Crippen LogP contribution >= 0.6 is 11.6 Å². The first kappa shape index (κ1) is 20.5. The van der Waals surface area contributed by atoms with E-state index in [1.54, 1.807) is 48.5 Å². The number of carbonyl (C=O) groups excluding carboxylic acids is 2. The third kappa shape index (κ3) is 4.14. The average molecular weight is 413 g/mol. The van der Waals surface area contributed by atoms with E-state index < -0.39 is 11.6 Å². The minimum absolute atomic E-state index is 0.0195. The van der Waals surface area contributed by atoms with Crippen LogP contribution in [0.4, 0.5) is 11.5 Å². The standard InChI is InChI=1S/C21H21ClN4O3/c1-4-17(20(28)23-15-11-9-14(22)10-12-15)26-18-8-6-5-7-16(18)24-19(21(26)29)25(3)13(2)27/h5-12,17H,4H2,1-3H3,(H,23,28). The van der Waals surface area contributed by atoms with Crippen molar-refractivity contribution >= 4 is 46.0 Å². The zero-order chi connectivity index (χ0) is 21.1. The van der Waals surface area contributed by atoms with Crippen LogP contribution in [0.5, 0.6) is 0 Å². The van der Waals surface area contributed by atoms with E-state index in [9.17, 15) is 14.4 Å². The van der Waals surface area contributed by atoms with Crippen LogP contribution in [0.1, 0.15) is 26.3 Å². The van der Waals surface area contributed by atoms with Crippen LogP contribution in [0, 0.1) is 0 Å². The topological polar surface area (TPSA) is 84.3 Å². The van der Waals surface area contributed by atoms with Gasteiger partial charge in [0.25, 0.3) is 5.56 Å². The molecule has 0 saturated heterocycles. The summed E-state index contributed by atoms with van der Waals surface area (Å²) in [6.45, 7) is 3.17. The fraction of sp³-hybridized carbons (Fsp3) is 0.238. The van der Waals surface area contributed by atoms with E-state index in [-0.39, 0.29) is 17.6 Å². The quantitative estimate of drug-likeness (QED) is 0.693. The van der Waals surface area contributed by atoms with Crippen LogP contribution in [-0.4, -0.2) is 28.4 Å². The van der Waals surface area contributed by atoms with E-state index >= 15 is 0 Å². The van der Waals surface area contributed by atoms with Crippen LogP contribution in [0.25, 0.3) is 11.0 Å². The number of para-hydroxylation sites is 2. The Bertz CT molecular complexity index is 1120. The lowest BCUT2D eigenvalue weighted by atomic mass is 10.1. The molecule has 1 atom stereocenters. The number of fused-ring (bicyclic) bond motifs is 1. The number of carbonyl (C=O) groups is 2. The van der Waals surface area contributed by atoms with Gasteiger partial charge < -0.3 is 5.32 Å². The maximum Gasteiger partial charge on any atom is 0.295 e. The summed E-state index contributed by atoms with van der Waals surface area (Å²) in [6.07, 6.45) is 0.372. The largest absolute Gasteiger partial charge is 0.324 e. The number of nitrogens with zero attached hydrogens (tertiary/aromatic N) is 3. The van der Waals surface area contributed by atoms with Crippen molar-refractivity contribution in [2.75, 3.05) is 17.3 Å². The van der Waals surface area contributed by atoms with E-state index in [1.807, 2.05) is 6.92 Å². The van der Waals surface area contributed by atoms with Crippen LogP contribution in [-0.2, 0) is 9.59 Å². The van der Waals surface area contributed by atoms with Crippen molar-refractivity contribution < 1.29 is 9.59 Å². The molecule has 1 N–H and O–H groups in total. The Morgan fingerprint density at radius 2 is 1.83 bits per heavy atom. The van der Waals surface area contributed by atoms with E-state index in [4.69, 9.17) is 11.6 Å². The number of amides is 2. The number of benzene rings is 2. The van der Waals surface area contributed by atoms with Gasteiger partial charge >= 0.3 is 0 Å². The van der Waals surface area contributed by atoms with E-state index in [1.165, 1.54) is 23.4 Å². The summed E-state index contributed by atoms with van der Waals surface area (Å²) >= 11 is 5.90. The van der Waals surface area contributed by atoms with Gasteiger partial charge in [0.2, 0.25) is 17.6 Å². The molecule has 3 aromatic rings. The molecule has 2 aromatic carbocycles. The summed E-state index contributed by atoms with van der Waals surface area (Å²) in [5.41, 5.74) is 1.12. The Kier molecular flexibility index (Phi) is 5.98. The molecule has 0 fully saturated rings. The molecule has 0 spiro atoms. The molecule has 1 aromatic heterocycles. The van der Waals surface area contributed by atoms with E-state index in [0.717, 1.165) is 0 Å². The first-order chi connectivity index (χ1) is 13.8. The lowest BCUT2D eigenvalue weighted by molar-refractivity contribution is -0.119. The van der Waals surface area contributed by atoms with Gasteiger partial charge in [0, 0.05) is 24.7 Å². The molecule has 8 heteroatoms. The SMILES string of the molecule is CCC(C(=O)Nc1ccc(Cl)cc1)n1c(=O)c(N(C)C(C)=O)nc2ccccc21. The van der Waals surface area contributed by atoms with Crippen molar-refractivity contribution in [1.29, 1.82) is 0 Å². The molecule has 0 bridgehead atoms. The maximum absolute atomic E-state index is 13.2. The van der Waals surface area contributed by atoms with Gasteiger partial charge in [-0.3, -0.25) is 23.9 Å². The minimum atomic E-state index is -0.787. The second-order valence-corrected chi connectivity index (χ2v) is 7.03. The molecular formula is C21H21ClN4O3. The molecule has 0 radical (unpaired) electrons. The summed E-state index contributed by atoms with van der Waals surface area (Å²) in [5, 5.41) is 3.38. The van der Waals surface area contributed by atoms with Crippen molar-refractivity contribution in [2.24, 2.45) is 0 Å². The molecule has 7 nitrogen and oxygen atoms in total. The second-order valence-electron chi connectivity index (χ2n) is 6.60. The van der Waals surface area contributed by atoms with Crippen molar-refractivity contribution in [3.05, 3.63) is 63.9 Å². The molecule has 2 amide bonds. The Labute approximate surface area is 172 Å². The van der Waals surface area contributed by atoms with Crippen LogP contribution in [0.3, 0.4) is 0 Å². The molecule has 0 saturated carbocycles. The number of halogens is 1. The molecular weight excluding hydrogens is 392 g/mol. The van der Waals surface area contributed by atoms with Crippen molar-refractivity contribution in [2.45, 2.75) is 26.3 Å². The molecule has 150 valence electrons. The molecule has 1 heterocycles. The highest BCUT2D eigenvalue weighted by Gasteiger charge is 2.25. The third-order valence-electron chi connectivity index (χ3n) is 4.68. The lowest BCUT2D eigenvalue weighted by Crippen LogP contribution is -2.38. The number of anilines is 2. The molecule has 0 aliphatic rings. The van der Waals surface area contributed by atoms with E-state index in [0.29, 0.717) is 28.2 Å². The van der Waals surface area contributed by atoms with Gasteiger partial charge in [0.05, 0.1) is 11.0 Å². The fourth-order valence-electron chi connectivity index (χ4n) is 3.06. The highest BCUT2D eigenvalue weighted by Crippen LogP contribution is 2.22. The molecule has 0 aliphatic carbocycles. The van der Waals surface area contributed by atoms with Gasteiger partial charge in [-0.05, 0) is 42.8 Å². The zero-order valence-corrected chi connectivity index (χ0v) is 17.1. The predicted octanol–water partition coefficient (Wildman–Crippen LogP) is 3.62. The van der Waals surface area contributed by atoms with E-state index in [2.05, 4.69) is 10.3 Å². The molecule has 0 aliphatic heterocycles. The van der Waals surface area contributed by atoms with Gasteiger partial charge in [-0.1, -0.05) is 30.7 Å². The lowest BCUT2D eigenvalue weighted by Gasteiger charge is -2.22. The number of nitrogens with one attached hydrogen (secondary N) is 1.